The van der Waals surface area contributed by atoms with Crippen LogP contribution in [0.3, 0.4) is 0 Å². The molecule has 35 heavy (non-hydrogen) atoms. The summed E-state index contributed by atoms with van der Waals surface area (Å²) in [6, 6.07) is 5.26. The standard InChI is InChI=1S/C25H30FN5O3.CH4/c26-23-17(6-7-20(32)12-22(27)28)2-1-3-21(23)19-13-29-25(30-14-19)34-15-16-8-10-31(11-9-16)24(33)18-4-5-18;/h1-3,13-14,16,18H,4-12,15H2,(H3,27,28);1H4. The van der Waals surface area contributed by atoms with Crippen LogP contribution in [0.2, 0.25) is 0 Å². The van der Waals surface area contributed by atoms with Gasteiger partial charge in [0, 0.05) is 48.9 Å². The van der Waals surface area contributed by atoms with E-state index in [2.05, 4.69) is 9.97 Å². The minimum atomic E-state index is -0.414. The molecule has 1 aliphatic heterocycles. The number of aromatic nitrogens is 2. The van der Waals surface area contributed by atoms with Crippen LogP contribution in [0.5, 0.6) is 6.01 Å². The van der Waals surface area contributed by atoms with Crippen LogP contribution in [-0.2, 0) is 16.0 Å². The van der Waals surface area contributed by atoms with Gasteiger partial charge in [-0.2, -0.15) is 0 Å². The number of benzene rings is 1. The molecule has 2 aliphatic rings. The summed E-state index contributed by atoms with van der Waals surface area (Å²) in [5.41, 5.74) is 6.54. The Labute approximate surface area is 205 Å². The Morgan fingerprint density at radius 2 is 1.83 bits per heavy atom. The van der Waals surface area contributed by atoms with Gasteiger partial charge in [0.05, 0.1) is 18.9 Å². The number of piperidine rings is 1. The zero-order valence-corrected chi connectivity index (χ0v) is 19.1. The molecule has 9 heteroatoms. The number of Topliss-reactive ketones (excluding diaryl/α,β-unsaturated/α-hetero) is 1. The van der Waals surface area contributed by atoms with E-state index in [1.165, 1.54) is 12.4 Å². The largest absolute Gasteiger partial charge is 0.463 e. The van der Waals surface area contributed by atoms with Crippen molar-refractivity contribution >= 4 is 17.5 Å². The van der Waals surface area contributed by atoms with E-state index in [4.69, 9.17) is 15.9 Å². The maximum Gasteiger partial charge on any atom is 0.316 e. The Morgan fingerprint density at radius 3 is 2.46 bits per heavy atom. The summed E-state index contributed by atoms with van der Waals surface area (Å²) in [5, 5.41) is 7.19. The van der Waals surface area contributed by atoms with Gasteiger partial charge in [-0.3, -0.25) is 15.0 Å². The molecule has 1 aliphatic carbocycles. The molecule has 0 radical (unpaired) electrons. The molecule has 8 nitrogen and oxygen atoms in total. The van der Waals surface area contributed by atoms with Gasteiger partial charge in [0.25, 0.3) is 0 Å². The minimum Gasteiger partial charge on any atom is -0.463 e. The second kappa shape index (κ2) is 11.9. The Kier molecular flexibility index (Phi) is 8.89. The molecule has 1 aromatic carbocycles. The Hall–Kier alpha value is -3.36. The summed E-state index contributed by atoms with van der Waals surface area (Å²) in [6.45, 7) is 2.04. The molecule has 1 amide bonds. The summed E-state index contributed by atoms with van der Waals surface area (Å²) >= 11 is 0. The highest BCUT2D eigenvalue weighted by Crippen LogP contribution is 2.32. The first-order valence-corrected chi connectivity index (χ1v) is 11.8. The smallest absolute Gasteiger partial charge is 0.316 e. The summed E-state index contributed by atoms with van der Waals surface area (Å²) in [5.74, 6) is 0.126. The molecule has 0 bridgehead atoms. The summed E-state index contributed by atoms with van der Waals surface area (Å²) in [7, 11) is 0. The van der Waals surface area contributed by atoms with Gasteiger partial charge in [-0.1, -0.05) is 25.6 Å². The molecule has 3 N–H and O–H groups in total. The number of likely N-dealkylation sites (tertiary alicyclic amines) is 1. The number of hydrogen-bond donors (Lipinski definition) is 2. The van der Waals surface area contributed by atoms with Crippen LogP contribution in [0.4, 0.5) is 4.39 Å². The molecular weight excluding hydrogens is 449 g/mol. The van der Waals surface area contributed by atoms with E-state index in [1.54, 1.807) is 18.2 Å². The number of ether oxygens (including phenoxy) is 1. The summed E-state index contributed by atoms with van der Waals surface area (Å²) in [6.07, 6.45) is 7.18. The third kappa shape index (κ3) is 7.07. The first kappa shape index (κ1) is 26.2. The lowest BCUT2D eigenvalue weighted by Crippen LogP contribution is -2.40. The number of nitrogens with one attached hydrogen (secondary N) is 1. The normalized spacial score (nSPS) is 15.9. The minimum absolute atomic E-state index is 0. The van der Waals surface area contributed by atoms with Gasteiger partial charge >= 0.3 is 6.01 Å². The van der Waals surface area contributed by atoms with Gasteiger partial charge in [-0.15, -0.1) is 0 Å². The van der Waals surface area contributed by atoms with Crippen LogP contribution in [0.1, 0.15) is 51.5 Å². The van der Waals surface area contributed by atoms with Crippen molar-refractivity contribution in [1.82, 2.24) is 14.9 Å². The third-order valence-electron chi connectivity index (χ3n) is 6.38. The van der Waals surface area contributed by atoms with Crippen LogP contribution in [0.15, 0.2) is 30.6 Å². The molecule has 2 aromatic rings. The number of nitrogens with two attached hydrogens (primary N) is 1. The highest BCUT2D eigenvalue weighted by atomic mass is 19.1. The van der Waals surface area contributed by atoms with Crippen molar-refractivity contribution in [3.63, 3.8) is 0 Å². The molecule has 188 valence electrons. The number of nitrogens with zero attached hydrogens (tertiary/aromatic N) is 3. The fourth-order valence-corrected chi connectivity index (χ4v) is 4.20. The number of carbonyl (C=O) groups is 2. The van der Waals surface area contributed by atoms with E-state index in [0.717, 1.165) is 38.8 Å². The van der Waals surface area contributed by atoms with E-state index in [-0.39, 0.29) is 50.2 Å². The predicted octanol–water partition coefficient (Wildman–Crippen LogP) is 3.77. The number of ketones is 1. The fourth-order valence-electron chi connectivity index (χ4n) is 4.20. The number of aryl methyl sites for hydroxylation is 1. The van der Waals surface area contributed by atoms with Gasteiger partial charge in [-0.25, -0.2) is 14.4 Å². The zero-order chi connectivity index (χ0) is 24.1. The molecule has 2 heterocycles. The summed E-state index contributed by atoms with van der Waals surface area (Å²) < 4.78 is 20.8. The molecule has 2 fully saturated rings. The predicted molar refractivity (Wildman–Crippen MR) is 132 cm³/mol. The number of rotatable bonds is 10. The lowest BCUT2D eigenvalue weighted by atomic mass is 9.97. The first-order valence-electron chi connectivity index (χ1n) is 11.8. The van der Waals surface area contributed by atoms with Crippen molar-refractivity contribution in [2.45, 2.75) is 52.4 Å². The van der Waals surface area contributed by atoms with E-state index >= 15 is 4.39 Å². The topological polar surface area (TPSA) is 122 Å². The number of carbonyl (C=O) groups excluding carboxylic acids is 2. The van der Waals surface area contributed by atoms with Crippen LogP contribution >= 0.6 is 0 Å². The Morgan fingerprint density at radius 1 is 1.14 bits per heavy atom. The monoisotopic (exact) mass is 483 g/mol. The molecule has 1 saturated carbocycles. The van der Waals surface area contributed by atoms with E-state index in [1.807, 2.05) is 4.90 Å². The molecule has 4 rings (SSSR count). The third-order valence-corrected chi connectivity index (χ3v) is 6.38. The van der Waals surface area contributed by atoms with Gasteiger partial charge in [-0.05, 0) is 43.6 Å². The van der Waals surface area contributed by atoms with E-state index in [9.17, 15) is 9.59 Å². The van der Waals surface area contributed by atoms with Crippen LogP contribution in [0.25, 0.3) is 11.1 Å². The van der Waals surface area contributed by atoms with Crippen molar-refractivity contribution < 1.29 is 18.7 Å². The van der Waals surface area contributed by atoms with Crippen LogP contribution < -0.4 is 10.5 Å². The second-order valence-electron chi connectivity index (χ2n) is 9.13. The lowest BCUT2D eigenvalue weighted by molar-refractivity contribution is -0.134. The number of amidine groups is 1. The zero-order valence-electron chi connectivity index (χ0n) is 19.1. The highest BCUT2D eigenvalue weighted by molar-refractivity contribution is 5.98. The van der Waals surface area contributed by atoms with Crippen molar-refractivity contribution in [3.8, 4) is 17.1 Å². The van der Waals surface area contributed by atoms with Crippen molar-refractivity contribution in [3.05, 3.63) is 42.0 Å². The van der Waals surface area contributed by atoms with Crippen molar-refractivity contribution in [2.24, 2.45) is 17.6 Å². The molecule has 1 saturated heterocycles. The molecular formula is C26H34FN5O3. The van der Waals surface area contributed by atoms with Gasteiger partial charge in [0.2, 0.25) is 5.91 Å². The quantitative estimate of drug-likeness (QED) is 0.392. The summed E-state index contributed by atoms with van der Waals surface area (Å²) in [4.78, 5) is 34.4. The van der Waals surface area contributed by atoms with Gasteiger partial charge < -0.3 is 15.4 Å². The highest BCUT2D eigenvalue weighted by Gasteiger charge is 2.35. The second-order valence-corrected chi connectivity index (χ2v) is 9.13. The average molecular weight is 484 g/mol. The average Bonchev–Trinajstić information content (AvgIpc) is 3.68. The fraction of sp³-hybridized carbons (Fsp3) is 0.500. The SMILES string of the molecule is C.N=C(N)CC(=O)CCc1cccc(-c2cnc(OCC3CCN(C(=O)C4CC4)CC3)nc2)c1F. The van der Waals surface area contributed by atoms with Gasteiger partial charge in [0.1, 0.15) is 11.6 Å². The number of hydrogen-bond acceptors (Lipinski definition) is 6. The van der Waals surface area contributed by atoms with E-state index in [0.29, 0.717) is 35.1 Å². The first-order chi connectivity index (χ1) is 16.4. The van der Waals surface area contributed by atoms with Crippen molar-refractivity contribution in [1.29, 1.82) is 5.41 Å². The molecule has 1 aromatic heterocycles. The van der Waals surface area contributed by atoms with E-state index < -0.39 is 5.82 Å². The van der Waals surface area contributed by atoms with Crippen LogP contribution in [-0.4, -0.2) is 52.1 Å². The Bertz CT molecular complexity index is 1050. The number of halogens is 1. The molecule has 0 atom stereocenters. The lowest BCUT2D eigenvalue weighted by Gasteiger charge is -2.31. The molecule has 0 unspecified atom stereocenters. The number of amides is 1. The maximum atomic E-state index is 15.0. The van der Waals surface area contributed by atoms with Gasteiger partial charge in [0.15, 0.2) is 0 Å². The van der Waals surface area contributed by atoms with Crippen LogP contribution in [0, 0.1) is 23.1 Å². The Balaban J connectivity index is 0.00000342. The molecule has 0 spiro atoms. The maximum absolute atomic E-state index is 15.0. The van der Waals surface area contributed by atoms with Crippen molar-refractivity contribution in [2.75, 3.05) is 19.7 Å².